The largest absolute Gasteiger partial charge is 0.508 e. The molecule has 1 heterocycles. The molecule has 0 atom stereocenters. The molecule has 0 saturated carbocycles. The number of ether oxygens (including phenoxy) is 1. The summed E-state index contributed by atoms with van der Waals surface area (Å²) < 4.78 is 5.40. The molecular weight excluding hydrogens is 334 g/mol. The average Bonchev–Trinajstić information content (AvgIpc) is 2.73. The zero-order valence-electron chi connectivity index (χ0n) is 12.8. The zero-order chi connectivity index (χ0) is 17.0. The van der Waals surface area contributed by atoms with Gasteiger partial charge >= 0.3 is 5.97 Å². The average molecular weight is 351 g/mol. The van der Waals surface area contributed by atoms with Crippen LogP contribution in [0.3, 0.4) is 0 Å². The second-order valence-corrected chi connectivity index (χ2v) is 7.12. The topological polar surface area (TPSA) is 66.8 Å². The molecule has 2 rings (SSSR count). The van der Waals surface area contributed by atoms with Crippen molar-refractivity contribution >= 4 is 46.3 Å². The molecule has 1 aromatic carbocycles. The first-order chi connectivity index (χ1) is 10.9. The first-order valence-electron chi connectivity index (χ1n) is 7.07. The Bertz CT molecular complexity index is 670. The lowest BCUT2D eigenvalue weighted by atomic mass is 10.2. The summed E-state index contributed by atoms with van der Waals surface area (Å²) in [5.74, 6) is -0.458. The van der Waals surface area contributed by atoms with Crippen LogP contribution in [0.2, 0.25) is 0 Å². The maximum absolute atomic E-state index is 12.4. The van der Waals surface area contributed by atoms with Crippen molar-refractivity contribution in [1.82, 2.24) is 4.90 Å². The minimum Gasteiger partial charge on any atom is -0.508 e. The highest BCUT2D eigenvalue weighted by Gasteiger charge is 2.33. The summed E-state index contributed by atoms with van der Waals surface area (Å²) in [4.78, 5) is 25.8. The monoisotopic (exact) mass is 351 g/mol. The predicted molar refractivity (Wildman–Crippen MR) is 93.8 cm³/mol. The number of carbonyl (C=O) groups is 2. The lowest BCUT2D eigenvalue weighted by molar-refractivity contribution is -0.147. The summed E-state index contributed by atoms with van der Waals surface area (Å²) in [6, 6.07) is 6.55. The van der Waals surface area contributed by atoms with Crippen LogP contribution in [-0.2, 0) is 14.3 Å². The van der Waals surface area contributed by atoms with Crippen LogP contribution in [-0.4, -0.2) is 39.4 Å². The van der Waals surface area contributed by atoms with Crippen LogP contribution < -0.4 is 0 Å². The Morgan fingerprint density at radius 2 is 2.22 bits per heavy atom. The third-order valence-corrected chi connectivity index (χ3v) is 4.28. The second kappa shape index (κ2) is 7.61. The maximum Gasteiger partial charge on any atom is 0.326 e. The summed E-state index contributed by atoms with van der Waals surface area (Å²) in [6.07, 6.45) is 1.64. The molecule has 1 aliphatic heterocycles. The fourth-order valence-electron chi connectivity index (χ4n) is 1.84. The van der Waals surface area contributed by atoms with Crippen molar-refractivity contribution in [2.75, 3.05) is 13.2 Å². The molecule has 0 radical (unpaired) electrons. The number of rotatable bonds is 5. The fraction of sp³-hybridized carbons (Fsp3) is 0.312. The number of carbonyl (C=O) groups excluding carboxylic acids is 2. The molecule has 1 aromatic rings. The highest BCUT2D eigenvalue weighted by Crippen LogP contribution is 2.32. The summed E-state index contributed by atoms with van der Waals surface area (Å²) in [7, 11) is 0. The molecule has 1 aliphatic rings. The Hall–Kier alpha value is -1.86. The van der Waals surface area contributed by atoms with E-state index in [1.807, 2.05) is 13.8 Å². The van der Waals surface area contributed by atoms with E-state index in [9.17, 15) is 14.7 Å². The van der Waals surface area contributed by atoms with Crippen molar-refractivity contribution in [2.45, 2.75) is 13.8 Å². The number of thiocarbonyl (C=S) groups is 1. The molecule has 5 nitrogen and oxygen atoms in total. The van der Waals surface area contributed by atoms with E-state index in [1.54, 1.807) is 30.3 Å². The van der Waals surface area contributed by atoms with Gasteiger partial charge in [0.15, 0.2) is 0 Å². The number of hydrogen-bond donors (Lipinski definition) is 1. The third-order valence-electron chi connectivity index (χ3n) is 2.91. The Balaban J connectivity index is 2.06. The molecule has 0 bridgehead atoms. The minimum atomic E-state index is -0.478. The quantitative estimate of drug-likeness (QED) is 0.500. The van der Waals surface area contributed by atoms with E-state index in [2.05, 4.69) is 0 Å². The van der Waals surface area contributed by atoms with Gasteiger partial charge in [-0.3, -0.25) is 14.5 Å². The minimum absolute atomic E-state index is 0.117. The number of benzene rings is 1. The highest BCUT2D eigenvalue weighted by molar-refractivity contribution is 8.26. The van der Waals surface area contributed by atoms with Gasteiger partial charge in [-0.1, -0.05) is 50.0 Å². The number of amides is 1. The lowest BCUT2D eigenvalue weighted by Gasteiger charge is -2.14. The Kier molecular flexibility index (Phi) is 5.79. The standard InChI is InChI=1S/C16H17NO4S2/c1-10(2)9-21-14(19)8-17-15(20)13(23-16(17)22)7-11-4-3-5-12(18)6-11/h3-7,10,18H,8-9H2,1-2H3/b13-7-. The van der Waals surface area contributed by atoms with Crippen LogP contribution in [0.1, 0.15) is 19.4 Å². The summed E-state index contributed by atoms with van der Waals surface area (Å²) in [5, 5.41) is 9.46. The van der Waals surface area contributed by atoms with E-state index < -0.39 is 5.97 Å². The van der Waals surface area contributed by atoms with Gasteiger partial charge in [0, 0.05) is 0 Å². The smallest absolute Gasteiger partial charge is 0.326 e. The number of phenolic OH excluding ortho intramolecular Hbond substituents is 1. The van der Waals surface area contributed by atoms with E-state index >= 15 is 0 Å². The molecule has 1 fully saturated rings. The van der Waals surface area contributed by atoms with E-state index in [0.717, 1.165) is 11.8 Å². The molecule has 0 unspecified atom stereocenters. The number of aromatic hydroxyl groups is 1. The van der Waals surface area contributed by atoms with E-state index in [0.29, 0.717) is 21.4 Å². The second-order valence-electron chi connectivity index (χ2n) is 5.44. The molecule has 1 saturated heterocycles. The van der Waals surface area contributed by atoms with Gasteiger partial charge in [0.2, 0.25) is 0 Å². The van der Waals surface area contributed by atoms with Crippen molar-refractivity contribution < 1.29 is 19.4 Å². The number of hydrogen-bond acceptors (Lipinski definition) is 6. The van der Waals surface area contributed by atoms with Crippen LogP contribution in [0.4, 0.5) is 0 Å². The SMILES string of the molecule is CC(C)COC(=O)CN1C(=O)/C(=C/c2cccc(O)c2)SC1=S. The number of thioether (sulfide) groups is 1. The molecule has 1 amide bonds. The molecule has 1 N–H and O–H groups in total. The van der Waals surface area contributed by atoms with Crippen LogP contribution in [0.5, 0.6) is 5.75 Å². The van der Waals surface area contributed by atoms with Crippen molar-refractivity contribution in [3.8, 4) is 5.75 Å². The van der Waals surface area contributed by atoms with Gasteiger partial charge in [-0.2, -0.15) is 0 Å². The molecule has 7 heteroatoms. The fourth-order valence-corrected chi connectivity index (χ4v) is 3.09. The van der Waals surface area contributed by atoms with Gasteiger partial charge < -0.3 is 9.84 Å². The van der Waals surface area contributed by atoms with Gasteiger partial charge in [0.1, 0.15) is 16.6 Å². The summed E-state index contributed by atoms with van der Waals surface area (Å²) in [6.45, 7) is 4.00. The molecule has 23 heavy (non-hydrogen) atoms. The van der Waals surface area contributed by atoms with E-state index in [4.69, 9.17) is 17.0 Å². The number of phenols is 1. The highest BCUT2D eigenvalue weighted by atomic mass is 32.2. The summed E-state index contributed by atoms with van der Waals surface area (Å²) in [5.41, 5.74) is 0.688. The molecule has 0 aliphatic carbocycles. The molecule has 0 spiro atoms. The van der Waals surface area contributed by atoms with Crippen LogP contribution in [0.15, 0.2) is 29.2 Å². The van der Waals surface area contributed by atoms with Crippen LogP contribution >= 0.6 is 24.0 Å². The van der Waals surface area contributed by atoms with Crippen molar-refractivity contribution in [3.63, 3.8) is 0 Å². The van der Waals surface area contributed by atoms with E-state index in [1.165, 1.54) is 4.90 Å². The van der Waals surface area contributed by atoms with Gasteiger partial charge in [0.05, 0.1) is 11.5 Å². The summed E-state index contributed by atoms with van der Waals surface area (Å²) >= 11 is 6.29. The number of nitrogens with zero attached hydrogens (tertiary/aromatic N) is 1. The Morgan fingerprint density at radius 1 is 1.48 bits per heavy atom. The van der Waals surface area contributed by atoms with Crippen molar-refractivity contribution in [3.05, 3.63) is 34.7 Å². The van der Waals surface area contributed by atoms with Gasteiger partial charge in [-0.25, -0.2) is 0 Å². The van der Waals surface area contributed by atoms with Gasteiger partial charge in [-0.05, 0) is 29.7 Å². The van der Waals surface area contributed by atoms with Crippen molar-refractivity contribution in [2.24, 2.45) is 5.92 Å². The Morgan fingerprint density at radius 3 is 2.87 bits per heavy atom. The molecular formula is C16H17NO4S2. The lowest BCUT2D eigenvalue weighted by Crippen LogP contribution is -2.34. The predicted octanol–water partition coefficient (Wildman–Crippen LogP) is 2.79. The normalized spacial score (nSPS) is 16.5. The van der Waals surface area contributed by atoms with Crippen LogP contribution in [0.25, 0.3) is 6.08 Å². The van der Waals surface area contributed by atoms with Crippen LogP contribution in [0, 0.1) is 5.92 Å². The maximum atomic E-state index is 12.4. The van der Waals surface area contributed by atoms with Crippen molar-refractivity contribution in [1.29, 1.82) is 0 Å². The molecule has 122 valence electrons. The van der Waals surface area contributed by atoms with E-state index in [-0.39, 0.29) is 24.1 Å². The first-order valence-corrected chi connectivity index (χ1v) is 8.29. The third kappa shape index (κ3) is 4.80. The molecule has 0 aromatic heterocycles. The first kappa shape index (κ1) is 17.5. The Labute approximate surface area is 144 Å². The van der Waals surface area contributed by atoms with Gasteiger partial charge in [0.25, 0.3) is 5.91 Å². The number of esters is 1. The van der Waals surface area contributed by atoms with Gasteiger partial charge in [-0.15, -0.1) is 0 Å². The zero-order valence-corrected chi connectivity index (χ0v) is 14.4.